The van der Waals surface area contributed by atoms with Crippen molar-refractivity contribution >= 4 is 34.6 Å². The first-order valence-corrected chi connectivity index (χ1v) is 7.17. The monoisotopic (exact) mass is 292 g/mol. The highest BCUT2D eigenvalue weighted by molar-refractivity contribution is 7.12. The van der Waals surface area contributed by atoms with Crippen molar-refractivity contribution in [1.29, 1.82) is 0 Å². The van der Waals surface area contributed by atoms with Gasteiger partial charge in [0.25, 0.3) is 0 Å². The Morgan fingerprint density at radius 1 is 1.60 bits per heavy atom. The molecule has 1 aliphatic heterocycles. The van der Waals surface area contributed by atoms with E-state index in [1.807, 2.05) is 24.4 Å². The SMILES string of the molecule is CC1=NNC(=O)C1CCC(=O)N/N=C(/C)c1cccs1. The molecule has 2 rings (SSSR count). The van der Waals surface area contributed by atoms with Crippen molar-refractivity contribution in [3.63, 3.8) is 0 Å². The van der Waals surface area contributed by atoms with Gasteiger partial charge in [-0.1, -0.05) is 6.07 Å². The number of nitrogens with one attached hydrogen (secondary N) is 2. The lowest BCUT2D eigenvalue weighted by molar-refractivity contribution is -0.123. The fourth-order valence-electron chi connectivity index (χ4n) is 1.85. The van der Waals surface area contributed by atoms with Crippen molar-refractivity contribution < 1.29 is 9.59 Å². The minimum Gasteiger partial charge on any atom is -0.273 e. The molecule has 0 aliphatic carbocycles. The molecular weight excluding hydrogens is 276 g/mol. The standard InChI is InChI=1S/C13H16N4O2S/c1-8-10(13(19)17-14-8)5-6-12(18)16-15-9(2)11-4-3-7-20-11/h3-4,7,10H,5-6H2,1-2H3,(H,16,18)(H,17,19)/b15-9-. The maximum atomic E-state index is 11.7. The normalized spacial score (nSPS) is 18.7. The Morgan fingerprint density at radius 3 is 3.00 bits per heavy atom. The highest BCUT2D eigenvalue weighted by Gasteiger charge is 2.26. The number of thiophene rings is 1. The molecule has 7 heteroatoms. The third-order valence-electron chi connectivity index (χ3n) is 3.05. The van der Waals surface area contributed by atoms with Gasteiger partial charge in [0.1, 0.15) is 0 Å². The number of hydrogen-bond acceptors (Lipinski definition) is 5. The van der Waals surface area contributed by atoms with Crippen molar-refractivity contribution in [2.75, 3.05) is 0 Å². The zero-order valence-electron chi connectivity index (χ0n) is 11.3. The molecule has 1 aromatic rings. The van der Waals surface area contributed by atoms with Crippen molar-refractivity contribution in [3.05, 3.63) is 22.4 Å². The maximum absolute atomic E-state index is 11.7. The Bertz CT molecular complexity index is 563. The second kappa shape index (κ2) is 6.42. The van der Waals surface area contributed by atoms with Crippen molar-refractivity contribution in [1.82, 2.24) is 10.9 Å². The summed E-state index contributed by atoms with van der Waals surface area (Å²) < 4.78 is 0. The lowest BCUT2D eigenvalue weighted by atomic mass is 9.99. The molecule has 2 N–H and O–H groups in total. The lowest BCUT2D eigenvalue weighted by Gasteiger charge is -2.06. The second-order valence-electron chi connectivity index (χ2n) is 4.53. The molecule has 1 atom stereocenters. The van der Waals surface area contributed by atoms with E-state index in [9.17, 15) is 9.59 Å². The van der Waals surface area contributed by atoms with Crippen LogP contribution in [0.25, 0.3) is 0 Å². The smallest absolute Gasteiger partial charge is 0.248 e. The van der Waals surface area contributed by atoms with Gasteiger partial charge < -0.3 is 0 Å². The Hall–Kier alpha value is -2.02. The number of carbonyl (C=O) groups is 2. The van der Waals surface area contributed by atoms with Gasteiger partial charge in [-0.25, -0.2) is 10.9 Å². The highest BCUT2D eigenvalue weighted by Crippen LogP contribution is 2.13. The predicted octanol–water partition coefficient (Wildman–Crippen LogP) is 1.49. The van der Waals surface area contributed by atoms with Crippen LogP contribution in [0.4, 0.5) is 0 Å². The van der Waals surface area contributed by atoms with Gasteiger partial charge in [-0.2, -0.15) is 10.2 Å². The molecule has 0 bridgehead atoms. The van der Waals surface area contributed by atoms with Crippen molar-refractivity contribution in [2.45, 2.75) is 26.7 Å². The van der Waals surface area contributed by atoms with E-state index in [4.69, 9.17) is 0 Å². The van der Waals surface area contributed by atoms with Crippen LogP contribution in [0.2, 0.25) is 0 Å². The van der Waals surface area contributed by atoms with E-state index in [1.54, 1.807) is 18.3 Å². The topological polar surface area (TPSA) is 82.9 Å². The Morgan fingerprint density at radius 2 is 2.40 bits per heavy atom. The van der Waals surface area contributed by atoms with Crippen LogP contribution < -0.4 is 10.9 Å². The van der Waals surface area contributed by atoms with Gasteiger partial charge in [0.15, 0.2) is 0 Å². The van der Waals surface area contributed by atoms with E-state index in [0.717, 1.165) is 16.3 Å². The van der Waals surface area contributed by atoms with Gasteiger partial charge in [0.2, 0.25) is 11.8 Å². The second-order valence-corrected chi connectivity index (χ2v) is 5.48. The fraction of sp³-hybridized carbons (Fsp3) is 0.385. The van der Waals surface area contributed by atoms with Crippen molar-refractivity contribution in [3.8, 4) is 0 Å². The maximum Gasteiger partial charge on any atom is 0.248 e. The van der Waals surface area contributed by atoms with E-state index in [0.29, 0.717) is 6.42 Å². The summed E-state index contributed by atoms with van der Waals surface area (Å²) in [5.41, 5.74) is 6.40. The molecule has 0 spiro atoms. The predicted molar refractivity (Wildman–Crippen MR) is 78.6 cm³/mol. The minimum atomic E-state index is -0.303. The first-order chi connectivity index (χ1) is 9.58. The average molecular weight is 292 g/mol. The van der Waals surface area contributed by atoms with Gasteiger partial charge in [-0.3, -0.25) is 9.59 Å². The number of nitrogens with zero attached hydrogens (tertiary/aromatic N) is 2. The quantitative estimate of drug-likeness (QED) is 0.636. The number of hydrazone groups is 2. The zero-order valence-corrected chi connectivity index (χ0v) is 12.2. The Labute approximate surface area is 121 Å². The molecule has 0 fully saturated rings. The van der Waals surface area contributed by atoms with Crippen LogP contribution in [0.5, 0.6) is 0 Å². The Kier molecular flexibility index (Phi) is 4.62. The van der Waals surface area contributed by atoms with Gasteiger partial charge in [-0.15, -0.1) is 11.3 Å². The molecule has 6 nitrogen and oxygen atoms in total. The van der Waals surface area contributed by atoms with E-state index in [2.05, 4.69) is 21.1 Å². The molecule has 2 amide bonds. The molecule has 1 unspecified atom stereocenters. The number of carbonyl (C=O) groups excluding carboxylic acids is 2. The summed E-state index contributed by atoms with van der Waals surface area (Å²) in [6, 6.07) is 3.88. The van der Waals surface area contributed by atoms with Gasteiger partial charge in [0.05, 0.1) is 11.6 Å². The molecule has 1 aliphatic rings. The molecule has 2 heterocycles. The molecular formula is C13H16N4O2S. The molecule has 0 saturated heterocycles. The molecule has 1 aromatic heterocycles. The van der Waals surface area contributed by atoms with Crippen LogP contribution in [0.3, 0.4) is 0 Å². The summed E-state index contributed by atoms with van der Waals surface area (Å²) in [7, 11) is 0. The summed E-state index contributed by atoms with van der Waals surface area (Å²) in [5.74, 6) is -0.648. The minimum absolute atomic E-state index is 0.145. The summed E-state index contributed by atoms with van der Waals surface area (Å²) in [6.45, 7) is 3.62. The van der Waals surface area contributed by atoms with E-state index in [1.165, 1.54) is 0 Å². The van der Waals surface area contributed by atoms with E-state index in [-0.39, 0.29) is 24.2 Å². The third-order valence-corrected chi connectivity index (χ3v) is 4.03. The molecule has 106 valence electrons. The molecule has 0 saturated carbocycles. The van der Waals surface area contributed by atoms with E-state index >= 15 is 0 Å². The number of rotatable bonds is 5. The van der Waals surface area contributed by atoms with Crippen LogP contribution >= 0.6 is 11.3 Å². The van der Waals surface area contributed by atoms with Gasteiger partial charge >= 0.3 is 0 Å². The highest BCUT2D eigenvalue weighted by atomic mass is 32.1. The van der Waals surface area contributed by atoms with Crippen LogP contribution in [-0.2, 0) is 9.59 Å². The lowest BCUT2D eigenvalue weighted by Crippen LogP contribution is -2.25. The third kappa shape index (κ3) is 3.51. The number of amides is 2. The molecule has 20 heavy (non-hydrogen) atoms. The van der Waals surface area contributed by atoms with Crippen LogP contribution in [0.1, 0.15) is 31.6 Å². The summed E-state index contributed by atoms with van der Waals surface area (Å²) >= 11 is 1.57. The number of hydrogen-bond donors (Lipinski definition) is 2. The average Bonchev–Trinajstić information content (AvgIpc) is 3.05. The molecule has 0 aromatic carbocycles. The largest absolute Gasteiger partial charge is 0.273 e. The zero-order chi connectivity index (χ0) is 14.5. The van der Waals surface area contributed by atoms with Gasteiger partial charge in [-0.05, 0) is 31.7 Å². The summed E-state index contributed by atoms with van der Waals surface area (Å²) in [6.07, 6.45) is 0.687. The van der Waals surface area contributed by atoms with Gasteiger partial charge in [0, 0.05) is 17.0 Å². The summed E-state index contributed by atoms with van der Waals surface area (Å²) in [4.78, 5) is 24.2. The van der Waals surface area contributed by atoms with Crippen molar-refractivity contribution in [2.24, 2.45) is 16.1 Å². The van der Waals surface area contributed by atoms with Crippen LogP contribution in [0.15, 0.2) is 27.7 Å². The summed E-state index contributed by atoms with van der Waals surface area (Å²) in [5, 5.41) is 9.85. The molecule has 0 radical (unpaired) electrons. The Balaban J connectivity index is 1.80. The fourth-order valence-corrected chi connectivity index (χ4v) is 2.52. The first kappa shape index (κ1) is 14.4. The van der Waals surface area contributed by atoms with E-state index < -0.39 is 0 Å². The van der Waals surface area contributed by atoms with Crippen LogP contribution in [-0.4, -0.2) is 23.2 Å². The first-order valence-electron chi connectivity index (χ1n) is 6.29. The van der Waals surface area contributed by atoms with Crippen LogP contribution in [0, 0.1) is 5.92 Å².